The number of nitrogens with zero attached hydrogens (tertiary/aromatic N) is 1. The second-order valence-corrected chi connectivity index (χ2v) is 2.41. The highest BCUT2D eigenvalue weighted by Crippen LogP contribution is 2.06. The number of hydrogen-bond acceptors (Lipinski definition) is 3. The number of nitrogens with two attached hydrogens (primary N) is 1. The van der Waals surface area contributed by atoms with Crippen LogP contribution in [0.3, 0.4) is 0 Å². The van der Waals surface area contributed by atoms with Crippen molar-refractivity contribution < 1.29 is 11.1 Å². The molecule has 0 bridgehead atoms. The first kappa shape index (κ1) is 17.9. The second kappa shape index (κ2) is 12.6. The third-order valence-corrected chi connectivity index (χ3v) is 1.32. The fraction of sp³-hybridized carbons (Fsp3) is 0.222. The van der Waals surface area contributed by atoms with Crippen molar-refractivity contribution >= 4 is 48.8 Å². The number of para-hydroxylation sites is 1. The standard InChI is InChI=1S/C6H5NO2.C3H7NO.I2.H2/c8-7(9)6-4-2-1-3-5-6;1-2-3(4)5;1-2;/h1-5H;2H2,1H3,(H2,4,5);;1H. The van der Waals surface area contributed by atoms with E-state index in [1.807, 2.05) is 0 Å². The Morgan fingerprint density at radius 1 is 1.44 bits per heavy atom. The summed E-state index contributed by atoms with van der Waals surface area (Å²) in [7, 11) is 0. The van der Waals surface area contributed by atoms with Gasteiger partial charge in [0, 0.05) is 57.2 Å². The van der Waals surface area contributed by atoms with Crippen molar-refractivity contribution in [2.75, 3.05) is 0 Å². The Morgan fingerprint density at radius 3 is 2.00 bits per heavy atom. The van der Waals surface area contributed by atoms with Crippen LogP contribution in [0.4, 0.5) is 5.69 Å². The Bertz CT molecular complexity index is 312. The van der Waals surface area contributed by atoms with Crippen molar-refractivity contribution in [2.24, 2.45) is 5.73 Å². The van der Waals surface area contributed by atoms with Crippen LogP contribution in [0.2, 0.25) is 0 Å². The van der Waals surface area contributed by atoms with Gasteiger partial charge in [0.15, 0.2) is 0 Å². The molecule has 0 saturated heterocycles. The third kappa shape index (κ3) is 11.6. The maximum absolute atomic E-state index is 10.0. The van der Waals surface area contributed by atoms with Crippen molar-refractivity contribution in [2.45, 2.75) is 13.3 Å². The van der Waals surface area contributed by atoms with Gasteiger partial charge < -0.3 is 5.73 Å². The van der Waals surface area contributed by atoms with E-state index in [2.05, 4.69) is 43.0 Å². The van der Waals surface area contributed by atoms with Gasteiger partial charge in [-0.2, -0.15) is 0 Å². The normalized spacial score (nSPS) is 7.69. The molecule has 7 heteroatoms. The SMILES string of the molecule is CCC(N)=O.II.O=[N+]([O-])c1ccccc1.[HH]. The van der Waals surface area contributed by atoms with E-state index >= 15 is 0 Å². The van der Waals surface area contributed by atoms with Crippen molar-refractivity contribution in [1.82, 2.24) is 0 Å². The molecule has 1 aromatic rings. The van der Waals surface area contributed by atoms with Crippen LogP contribution in [-0.4, -0.2) is 10.8 Å². The molecule has 1 amide bonds. The summed E-state index contributed by atoms with van der Waals surface area (Å²) in [6.07, 6.45) is 0.444. The van der Waals surface area contributed by atoms with Crippen LogP contribution >= 0.6 is 37.2 Å². The molecule has 0 aliphatic heterocycles. The maximum atomic E-state index is 10.0. The van der Waals surface area contributed by atoms with E-state index in [9.17, 15) is 14.9 Å². The Kier molecular flexibility index (Phi) is 14.1. The Morgan fingerprint density at radius 2 is 1.81 bits per heavy atom. The quantitative estimate of drug-likeness (QED) is 0.424. The molecule has 0 aliphatic rings. The highest BCUT2D eigenvalue weighted by Gasteiger charge is 1.98. The van der Waals surface area contributed by atoms with Gasteiger partial charge in [0.1, 0.15) is 0 Å². The van der Waals surface area contributed by atoms with Gasteiger partial charge in [-0.1, -0.05) is 25.1 Å². The van der Waals surface area contributed by atoms with Crippen LogP contribution in [0.15, 0.2) is 30.3 Å². The number of hydrogen-bond donors (Lipinski definition) is 1. The van der Waals surface area contributed by atoms with Gasteiger partial charge in [-0.05, 0) is 0 Å². The molecule has 0 heterocycles. The maximum Gasteiger partial charge on any atom is 0.269 e. The number of nitro benzene ring substituents is 1. The topological polar surface area (TPSA) is 86.2 Å². The number of benzene rings is 1. The number of halogens is 2. The smallest absolute Gasteiger partial charge is 0.269 e. The monoisotopic (exact) mass is 452 g/mol. The lowest BCUT2D eigenvalue weighted by molar-refractivity contribution is -0.384. The van der Waals surface area contributed by atoms with E-state index in [1.54, 1.807) is 25.1 Å². The highest BCUT2D eigenvalue weighted by molar-refractivity contribution is 15.0. The highest BCUT2D eigenvalue weighted by atomic mass is 128. The number of rotatable bonds is 2. The number of amides is 1. The largest absolute Gasteiger partial charge is 0.370 e. The molecule has 0 spiro atoms. The van der Waals surface area contributed by atoms with Crippen LogP contribution in [0.5, 0.6) is 0 Å². The first-order valence-corrected chi connectivity index (χ1v) is 10.5. The number of non-ortho nitro benzene ring substituents is 1. The minimum atomic E-state index is -0.417. The average Bonchev–Trinajstić information content (AvgIpc) is 2.33. The van der Waals surface area contributed by atoms with Crippen molar-refractivity contribution in [3.8, 4) is 0 Å². The summed E-state index contributed by atoms with van der Waals surface area (Å²) in [5.41, 5.74) is 4.79. The summed E-state index contributed by atoms with van der Waals surface area (Å²) >= 11 is 4.24. The molecule has 0 radical (unpaired) electrons. The zero-order valence-corrected chi connectivity index (χ0v) is 12.9. The summed E-state index contributed by atoms with van der Waals surface area (Å²) < 4.78 is 0. The lowest BCUT2D eigenvalue weighted by atomic mass is 10.3. The van der Waals surface area contributed by atoms with E-state index in [0.29, 0.717) is 6.42 Å². The summed E-state index contributed by atoms with van der Waals surface area (Å²) in [6, 6.07) is 7.93. The zero-order chi connectivity index (χ0) is 13.0. The fourth-order valence-corrected chi connectivity index (χ4v) is 0.550. The molecule has 0 aliphatic carbocycles. The Hall–Kier alpha value is -0.450. The van der Waals surface area contributed by atoms with Crippen molar-refractivity contribution in [3.63, 3.8) is 0 Å². The molecule has 0 fully saturated rings. The molecule has 0 saturated carbocycles. The van der Waals surface area contributed by atoms with Crippen LogP contribution < -0.4 is 5.73 Å². The lowest BCUT2D eigenvalue weighted by Gasteiger charge is -1.85. The van der Waals surface area contributed by atoms with Gasteiger partial charge in [-0.3, -0.25) is 14.9 Å². The van der Waals surface area contributed by atoms with Crippen LogP contribution in [0.25, 0.3) is 0 Å². The van der Waals surface area contributed by atoms with Crippen LogP contribution in [-0.2, 0) is 4.79 Å². The molecule has 1 rings (SSSR count). The number of nitro groups is 1. The van der Waals surface area contributed by atoms with Crippen LogP contribution in [0, 0.1) is 10.1 Å². The molecule has 2 N–H and O–H groups in total. The van der Waals surface area contributed by atoms with Gasteiger partial charge in [-0.15, -0.1) is 0 Å². The first-order valence-electron chi connectivity index (χ1n) is 4.20. The van der Waals surface area contributed by atoms with E-state index < -0.39 is 4.92 Å². The predicted octanol–water partition coefficient (Wildman–Crippen LogP) is 3.49. The molecular weight excluding hydrogens is 438 g/mol. The fourth-order valence-electron chi connectivity index (χ4n) is 0.550. The zero-order valence-electron chi connectivity index (χ0n) is 8.60. The minimum absolute atomic E-state index is 0. The molecule has 0 aromatic heterocycles. The minimum Gasteiger partial charge on any atom is -0.370 e. The van der Waals surface area contributed by atoms with E-state index in [4.69, 9.17) is 0 Å². The molecule has 0 atom stereocenters. The van der Waals surface area contributed by atoms with E-state index in [0.717, 1.165) is 0 Å². The molecule has 16 heavy (non-hydrogen) atoms. The van der Waals surface area contributed by atoms with Crippen molar-refractivity contribution in [3.05, 3.63) is 40.4 Å². The van der Waals surface area contributed by atoms with Gasteiger partial charge in [0.2, 0.25) is 5.91 Å². The van der Waals surface area contributed by atoms with Gasteiger partial charge in [-0.25, -0.2) is 0 Å². The second-order valence-electron chi connectivity index (χ2n) is 2.41. The summed E-state index contributed by atoms with van der Waals surface area (Å²) in [6.45, 7) is 1.72. The summed E-state index contributed by atoms with van der Waals surface area (Å²) in [5, 5.41) is 10.0. The third-order valence-electron chi connectivity index (χ3n) is 1.32. The average molecular weight is 452 g/mol. The van der Waals surface area contributed by atoms with Crippen LogP contribution in [0.1, 0.15) is 14.8 Å². The van der Waals surface area contributed by atoms with Gasteiger partial charge in [0.05, 0.1) is 4.92 Å². The number of carbonyl (C=O) groups excluding carboxylic acids is 1. The molecule has 1 aromatic carbocycles. The summed E-state index contributed by atoms with van der Waals surface area (Å²) in [5.74, 6) is -0.245. The van der Waals surface area contributed by atoms with E-state index in [1.165, 1.54) is 12.1 Å². The van der Waals surface area contributed by atoms with Gasteiger partial charge >= 0.3 is 0 Å². The summed E-state index contributed by atoms with van der Waals surface area (Å²) in [4.78, 5) is 19.2. The molecular formula is C9H14I2N2O3. The van der Waals surface area contributed by atoms with Gasteiger partial charge in [0.25, 0.3) is 5.69 Å². The molecule has 0 unspecified atom stereocenters. The Balaban J connectivity index is -0.000000213. The predicted molar refractivity (Wildman–Crippen MR) is 82.7 cm³/mol. The first-order chi connectivity index (χ1) is 7.57. The molecule has 92 valence electrons. The molecule has 5 nitrogen and oxygen atoms in total. The number of carbonyl (C=O) groups is 1. The lowest BCUT2D eigenvalue weighted by Crippen LogP contribution is -2.06. The Labute approximate surface area is 119 Å². The van der Waals surface area contributed by atoms with E-state index in [-0.39, 0.29) is 13.0 Å². The van der Waals surface area contributed by atoms with Crippen molar-refractivity contribution in [1.29, 1.82) is 0 Å². The number of primary amides is 1.